The van der Waals surface area contributed by atoms with Crippen LogP contribution in [-0.4, -0.2) is 46.7 Å². The third-order valence-corrected chi connectivity index (χ3v) is 9.12. The topological polar surface area (TPSA) is 23.6 Å². The minimum Gasteiger partial charge on any atom is -0.321 e. The molecular weight excluding hydrogens is 387 g/mol. The lowest BCUT2D eigenvalue weighted by Gasteiger charge is -2.38. The van der Waals surface area contributed by atoms with Crippen molar-refractivity contribution in [1.29, 1.82) is 0 Å². The highest BCUT2D eigenvalue weighted by Crippen LogP contribution is 2.40. The van der Waals surface area contributed by atoms with Crippen molar-refractivity contribution in [1.82, 2.24) is 9.80 Å². The maximum Gasteiger partial charge on any atom is 0.320 e. The zero-order chi connectivity index (χ0) is 21.8. The van der Waals surface area contributed by atoms with Crippen LogP contribution in [0.4, 0.5) is 4.79 Å². The number of rotatable bonds is 6. The lowest BCUT2D eigenvalue weighted by molar-refractivity contribution is 0.123. The van der Waals surface area contributed by atoms with Gasteiger partial charge in [-0.1, -0.05) is 48.5 Å². The first-order valence-electron chi connectivity index (χ1n) is 11.3. The fourth-order valence-electron chi connectivity index (χ4n) is 4.73. The van der Waals surface area contributed by atoms with Crippen molar-refractivity contribution in [3.63, 3.8) is 0 Å². The second-order valence-electron chi connectivity index (χ2n) is 9.05. The van der Waals surface area contributed by atoms with Crippen molar-refractivity contribution in [3.05, 3.63) is 59.7 Å². The Labute approximate surface area is 184 Å². The van der Waals surface area contributed by atoms with Crippen molar-refractivity contribution in [3.8, 4) is 0 Å². The van der Waals surface area contributed by atoms with Crippen LogP contribution in [0.25, 0.3) is 0 Å². The third-order valence-electron chi connectivity index (χ3n) is 6.16. The second-order valence-corrected chi connectivity index (χ2v) is 11.2. The number of nitrogens with zero attached hydrogens (tertiary/aromatic N) is 2. The maximum absolute atomic E-state index is 13.5. The highest BCUT2D eigenvalue weighted by molar-refractivity contribution is 7.73. The minimum atomic E-state index is -0.517. The summed E-state index contributed by atoms with van der Waals surface area (Å²) in [5, 5.41) is 2.90. The number of urea groups is 1. The monoisotopic (exact) mass is 424 g/mol. The average molecular weight is 425 g/mol. The Morgan fingerprint density at radius 3 is 1.93 bits per heavy atom. The fraction of sp³-hybridized carbons (Fsp3) is 0.500. The fourth-order valence-corrected chi connectivity index (χ4v) is 7.72. The molecule has 0 aliphatic carbocycles. The van der Waals surface area contributed by atoms with Gasteiger partial charge in [0.2, 0.25) is 0 Å². The highest BCUT2D eigenvalue weighted by atomic mass is 31.1. The molecule has 0 aromatic heterocycles. The number of aryl methyl sites for hydroxylation is 2. The smallest absolute Gasteiger partial charge is 0.320 e. The van der Waals surface area contributed by atoms with E-state index in [0.29, 0.717) is 6.04 Å². The minimum absolute atomic E-state index is 0.215. The summed E-state index contributed by atoms with van der Waals surface area (Å²) in [7, 11) is -0.517. The van der Waals surface area contributed by atoms with Crippen LogP contribution < -0.4 is 10.6 Å². The zero-order valence-corrected chi connectivity index (χ0v) is 20.3. The van der Waals surface area contributed by atoms with E-state index in [0.717, 1.165) is 25.5 Å². The highest BCUT2D eigenvalue weighted by Gasteiger charge is 2.35. The lowest BCUT2D eigenvalue weighted by atomic mass is 10.2. The standard InChI is InChI=1S/C26H37N2OP/c1-19(2)28(20(3)4)26(29)27-17-11-14-23(27)18-30(24-15-9-7-12-21(24)5)25-16-10-8-13-22(25)6/h7-10,12-13,15-16,19-20,23H,11,14,17-18H2,1-6H3/t23-/m0/s1. The Morgan fingerprint density at radius 1 is 0.967 bits per heavy atom. The third kappa shape index (κ3) is 4.89. The normalized spacial score (nSPS) is 16.7. The van der Waals surface area contributed by atoms with Gasteiger partial charge in [0.05, 0.1) is 0 Å². The molecule has 2 amide bonds. The van der Waals surface area contributed by atoms with E-state index >= 15 is 0 Å². The van der Waals surface area contributed by atoms with Crippen molar-refractivity contribution < 1.29 is 4.79 Å². The van der Waals surface area contributed by atoms with Crippen LogP contribution in [0.3, 0.4) is 0 Å². The molecule has 2 aromatic carbocycles. The first-order valence-corrected chi connectivity index (χ1v) is 12.8. The molecule has 2 aromatic rings. The first kappa shape index (κ1) is 22.8. The van der Waals surface area contributed by atoms with Crippen LogP contribution >= 0.6 is 7.92 Å². The van der Waals surface area contributed by atoms with Gasteiger partial charge >= 0.3 is 6.03 Å². The molecule has 1 aliphatic rings. The van der Waals surface area contributed by atoms with Gasteiger partial charge < -0.3 is 9.80 Å². The summed E-state index contributed by atoms with van der Waals surface area (Å²) < 4.78 is 0. The number of hydrogen-bond acceptors (Lipinski definition) is 1. The molecule has 30 heavy (non-hydrogen) atoms. The lowest BCUT2D eigenvalue weighted by Crippen LogP contribution is -2.51. The van der Waals surface area contributed by atoms with Gasteiger partial charge in [0, 0.05) is 24.7 Å². The second kappa shape index (κ2) is 9.96. The number of amides is 2. The number of likely N-dealkylation sites (tertiary alicyclic amines) is 1. The van der Waals surface area contributed by atoms with Crippen LogP contribution in [-0.2, 0) is 0 Å². The Morgan fingerprint density at radius 2 is 1.47 bits per heavy atom. The molecular formula is C26H37N2OP. The molecule has 0 bridgehead atoms. The van der Waals surface area contributed by atoms with Crippen molar-refractivity contribution in [2.24, 2.45) is 0 Å². The summed E-state index contributed by atoms with van der Waals surface area (Å²) in [6.45, 7) is 13.8. The molecule has 0 saturated carbocycles. The van der Waals surface area contributed by atoms with Crippen LogP contribution in [0.15, 0.2) is 48.5 Å². The van der Waals surface area contributed by atoms with E-state index < -0.39 is 7.92 Å². The van der Waals surface area contributed by atoms with Crippen molar-refractivity contribution in [2.45, 2.75) is 72.5 Å². The Kier molecular flexibility index (Phi) is 7.58. The van der Waals surface area contributed by atoms with Crippen LogP contribution in [0.2, 0.25) is 0 Å². The molecule has 3 rings (SSSR count). The van der Waals surface area contributed by atoms with E-state index in [-0.39, 0.29) is 18.1 Å². The number of carbonyl (C=O) groups excluding carboxylic acids is 1. The molecule has 4 heteroatoms. The number of benzene rings is 2. The van der Waals surface area contributed by atoms with E-state index in [1.54, 1.807) is 0 Å². The van der Waals surface area contributed by atoms with E-state index in [1.165, 1.54) is 21.7 Å². The zero-order valence-electron chi connectivity index (χ0n) is 19.4. The largest absolute Gasteiger partial charge is 0.321 e. The molecule has 1 heterocycles. The summed E-state index contributed by atoms with van der Waals surface area (Å²) >= 11 is 0. The average Bonchev–Trinajstić information content (AvgIpc) is 3.15. The predicted octanol–water partition coefficient (Wildman–Crippen LogP) is 5.44. The summed E-state index contributed by atoms with van der Waals surface area (Å²) in [6, 6.07) is 18.6. The van der Waals surface area contributed by atoms with Gasteiger partial charge in [-0.3, -0.25) is 0 Å². The van der Waals surface area contributed by atoms with Gasteiger partial charge in [0.1, 0.15) is 0 Å². The van der Waals surface area contributed by atoms with Crippen molar-refractivity contribution in [2.75, 3.05) is 12.7 Å². The molecule has 162 valence electrons. The summed E-state index contributed by atoms with van der Waals surface area (Å²) in [5.74, 6) is 0. The van der Waals surface area contributed by atoms with E-state index in [9.17, 15) is 4.79 Å². The first-order chi connectivity index (χ1) is 14.3. The Bertz CT molecular complexity index is 810. The molecule has 0 spiro atoms. The Hall–Kier alpha value is -1.86. The van der Waals surface area contributed by atoms with E-state index in [4.69, 9.17) is 0 Å². The number of carbonyl (C=O) groups is 1. The molecule has 0 N–H and O–H groups in total. The summed E-state index contributed by atoms with van der Waals surface area (Å²) in [5.41, 5.74) is 2.71. The summed E-state index contributed by atoms with van der Waals surface area (Å²) in [4.78, 5) is 17.7. The molecule has 1 saturated heterocycles. The molecule has 1 atom stereocenters. The molecule has 3 nitrogen and oxygen atoms in total. The quantitative estimate of drug-likeness (QED) is 0.567. The van der Waals surface area contributed by atoms with Crippen LogP contribution in [0, 0.1) is 13.8 Å². The van der Waals surface area contributed by atoms with Crippen LogP contribution in [0.1, 0.15) is 51.7 Å². The van der Waals surface area contributed by atoms with Gasteiger partial charge in [0.25, 0.3) is 0 Å². The Balaban J connectivity index is 1.93. The van der Waals surface area contributed by atoms with Crippen LogP contribution in [0.5, 0.6) is 0 Å². The SMILES string of the molecule is Cc1ccccc1P(C[C@@H]1CCCN1C(=O)N(C(C)C)C(C)C)c1ccccc1C. The molecule has 1 fully saturated rings. The summed E-state index contributed by atoms with van der Waals surface area (Å²) in [6.07, 6.45) is 3.25. The molecule has 0 radical (unpaired) electrons. The van der Waals surface area contributed by atoms with Gasteiger partial charge in [0.15, 0.2) is 0 Å². The predicted molar refractivity (Wildman–Crippen MR) is 131 cm³/mol. The van der Waals surface area contributed by atoms with Gasteiger partial charge in [-0.05, 0) is 90.2 Å². The molecule has 0 unspecified atom stereocenters. The van der Waals surface area contributed by atoms with Gasteiger partial charge in [-0.25, -0.2) is 4.79 Å². The van der Waals surface area contributed by atoms with E-state index in [2.05, 4.69) is 95.0 Å². The number of hydrogen-bond donors (Lipinski definition) is 0. The van der Waals surface area contributed by atoms with E-state index in [1.807, 2.05) is 4.90 Å². The maximum atomic E-state index is 13.5. The van der Waals surface area contributed by atoms with Crippen molar-refractivity contribution >= 4 is 24.6 Å². The molecule has 1 aliphatic heterocycles. The van der Waals surface area contributed by atoms with Gasteiger partial charge in [-0.15, -0.1) is 0 Å². The van der Waals surface area contributed by atoms with Gasteiger partial charge in [-0.2, -0.15) is 0 Å².